The van der Waals surface area contributed by atoms with Crippen molar-refractivity contribution in [1.82, 2.24) is 14.9 Å². The summed E-state index contributed by atoms with van der Waals surface area (Å²) < 4.78 is 2.24. The summed E-state index contributed by atoms with van der Waals surface area (Å²) in [5.74, 6) is 1.20. The molecule has 0 aromatic carbocycles. The van der Waals surface area contributed by atoms with Crippen molar-refractivity contribution in [3.8, 4) is 0 Å². The summed E-state index contributed by atoms with van der Waals surface area (Å²) in [5.41, 5.74) is 0.200. The third-order valence-electron chi connectivity index (χ3n) is 2.28. The molecular formula is C12H23N3. The summed E-state index contributed by atoms with van der Waals surface area (Å²) in [6.45, 7) is 10.8. The molecule has 0 spiro atoms. The van der Waals surface area contributed by atoms with Crippen molar-refractivity contribution >= 4 is 0 Å². The molecule has 0 saturated carbocycles. The van der Waals surface area contributed by atoms with Crippen molar-refractivity contribution in [2.24, 2.45) is 0 Å². The summed E-state index contributed by atoms with van der Waals surface area (Å²) in [7, 11) is 0. The highest BCUT2D eigenvalue weighted by atomic mass is 15.1. The third kappa shape index (κ3) is 4.47. The van der Waals surface area contributed by atoms with Gasteiger partial charge in [0, 0.05) is 37.4 Å². The molecule has 0 bridgehead atoms. The van der Waals surface area contributed by atoms with Crippen LogP contribution in [0.5, 0.6) is 0 Å². The van der Waals surface area contributed by atoms with Crippen LogP contribution in [0.3, 0.4) is 0 Å². The second-order valence-corrected chi connectivity index (χ2v) is 4.96. The molecule has 0 aliphatic carbocycles. The molecule has 0 aliphatic heterocycles. The molecule has 1 aromatic rings. The summed E-state index contributed by atoms with van der Waals surface area (Å²) in [6.07, 6.45) is 6.18. The van der Waals surface area contributed by atoms with Crippen molar-refractivity contribution in [2.45, 2.75) is 52.6 Å². The largest absolute Gasteiger partial charge is 0.334 e. The number of hydrogen-bond donors (Lipinski definition) is 1. The van der Waals surface area contributed by atoms with Crippen molar-refractivity contribution in [2.75, 3.05) is 6.54 Å². The van der Waals surface area contributed by atoms with Gasteiger partial charge in [-0.1, -0.05) is 6.92 Å². The van der Waals surface area contributed by atoms with Crippen molar-refractivity contribution < 1.29 is 0 Å². The molecule has 15 heavy (non-hydrogen) atoms. The SMILES string of the molecule is CCCc1nccn1CCNC(C)(C)C. The van der Waals surface area contributed by atoms with E-state index in [0.717, 1.165) is 25.9 Å². The fraction of sp³-hybridized carbons (Fsp3) is 0.750. The molecule has 1 aromatic heterocycles. The van der Waals surface area contributed by atoms with Crippen LogP contribution >= 0.6 is 0 Å². The molecule has 0 radical (unpaired) electrons. The van der Waals surface area contributed by atoms with Gasteiger partial charge in [-0.05, 0) is 27.2 Å². The number of hydrogen-bond acceptors (Lipinski definition) is 2. The molecule has 0 fully saturated rings. The fourth-order valence-corrected chi connectivity index (χ4v) is 1.55. The summed E-state index contributed by atoms with van der Waals surface area (Å²) in [6, 6.07) is 0. The molecule has 0 amide bonds. The normalized spacial score (nSPS) is 12.0. The predicted molar refractivity (Wildman–Crippen MR) is 64.0 cm³/mol. The second-order valence-electron chi connectivity index (χ2n) is 4.96. The Labute approximate surface area is 92.9 Å². The van der Waals surface area contributed by atoms with Gasteiger partial charge in [0.15, 0.2) is 0 Å². The molecule has 1 N–H and O–H groups in total. The standard InChI is InChI=1S/C12H23N3/c1-5-6-11-13-7-9-15(11)10-8-14-12(2,3)4/h7,9,14H,5-6,8,10H2,1-4H3. The maximum absolute atomic E-state index is 4.36. The van der Waals surface area contributed by atoms with E-state index in [0.29, 0.717) is 0 Å². The topological polar surface area (TPSA) is 29.9 Å². The summed E-state index contributed by atoms with van der Waals surface area (Å²) in [4.78, 5) is 4.36. The molecule has 0 saturated heterocycles. The van der Waals surface area contributed by atoms with Gasteiger partial charge in [-0.3, -0.25) is 0 Å². The lowest BCUT2D eigenvalue weighted by molar-refractivity contribution is 0.410. The predicted octanol–water partition coefficient (Wildman–Crippen LogP) is 2.22. The minimum absolute atomic E-state index is 0.200. The molecule has 3 heteroatoms. The van der Waals surface area contributed by atoms with Gasteiger partial charge in [0.25, 0.3) is 0 Å². The zero-order chi connectivity index (χ0) is 11.3. The Morgan fingerprint density at radius 1 is 1.40 bits per heavy atom. The van der Waals surface area contributed by atoms with E-state index >= 15 is 0 Å². The van der Waals surface area contributed by atoms with Crippen LogP contribution in [0.4, 0.5) is 0 Å². The Hall–Kier alpha value is -0.830. The van der Waals surface area contributed by atoms with Crippen LogP contribution < -0.4 is 5.32 Å². The van der Waals surface area contributed by atoms with E-state index in [1.54, 1.807) is 0 Å². The molecule has 1 heterocycles. The zero-order valence-electron chi connectivity index (χ0n) is 10.4. The first-order chi connectivity index (χ1) is 7.03. The van der Waals surface area contributed by atoms with Crippen LogP contribution in [-0.4, -0.2) is 21.6 Å². The van der Waals surface area contributed by atoms with Crippen LogP contribution in [0.2, 0.25) is 0 Å². The van der Waals surface area contributed by atoms with Crippen molar-refractivity contribution in [1.29, 1.82) is 0 Å². The van der Waals surface area contributed by atoms with E-state index < -0.39 is 0 Å². The summed E-state index contributed by atoms with van der Waals surface area (Å²) in [5, 5.41) is 3.48. The Kier molecular flexibility index (Phi) is 4.33. The van der Waals surface area contributed by atoms with Crippen LogP contribution in [0.25, 0.3) is 0 Å². The Bertz CT molecular complexity index is 283. The zero-order valence-corrected chi connectivity index (χ0v) is 10.4. The maximum atomic E-state index is 4.36. The van der Waals surface area contributed by atoms with E-state index in [1.807, 2.05) is 6.20 Å². The number of nitrogens with one attached hydrogen (secondary N) is 1. The Balaban J connectivity index is 2.40. The van der Waals surface area contributed by atoms with Gasteiger partial charge in [0.05, 0.1) is 0 Å². The Morgan fingerprint density at radius 3 is 2.73 bits per heavy atom. The first-order valence-corrected chi connectivity index (χ1v) is 5.78. The number of nitrogens with zero attached hydrogens (tertiary/aromatic N) is 2. The highest BCUT2D eigenvalue weighted by Gasteiger charge is 2.08. The van der Waals surface area contributed by atoms with Crippen LogP contribution in [0.1, 0.15) is 39.9 Å². The molecule has 0 unspecified atom stereocenters. The average molecular weight is 209 g/mol. The average Bonchev–Trinajstić information content (AvgIpc) is 2.51. The number of imidazole rings is 1. The van der Waals surface area contributed by atoms with Gasteiger partial charge in [-0.25, -0.2) is 4.98 Å². The maximum Gasteiger partial charge on any atom is 0.108 e. The van der Waals surface area contributed by atoms with Gasteiger partial charge in [0.2, 0.25) is 0 Å². The molecular weight excluding hydrogens is 186 g/mol. The molecule has 86 valence electrons. The number of aromatic nitrogens is 2. The van der Waals surface area contributed by atoms with Gasteiger partial charge < -0.3 is 9.88 Å². The van der Waals surface area contributed by atoms with Gasteiger partial charge in [-0.2, -0.15) is 0 Å². The number of rotatable bonds is 5. The third-order valence-corrected chi connectivity index (χ3v) is 2.28. The first-order valence-electron chi connectivity index (χ1n) is 5.78. The second kappa shape index (κ2) is 5.31. The molecule has 3 nitrogen and oxygen atoms in total. The van der Waals surface area contributed by atoms with Crippen LogP contribution in [-0.2, 0) is 13.0 Å². The van der Waals surface area contributed by atoms with Crippen LogP contribution in [0, 0.1) is 0 Å². The highest BCUT2D eigenvalue weighted by Crippen LogP contribution is 2.02. The van der Waals surface area contributed by atoms with E-state index in [-0.39, 0.29) is 5.54 Å². The van der Waals surface area contributed by atoms with Crippen molar-refractivity contribution in [3.05, 3.63) is 18.2 Å². The number of aryl methyl sites for hydroxylation is 1. The summed E-state index contributed by atoms with van der Waals surface area (Å²) >= 11 is 0. The van der Waals surface area contributed by atoms with Crippen molar-refractivity contribution in [3.63, 3.8) is 0 Å². The lowest BCUT2D eigenvalue weighted by atomic mass is 10.1. The van der Waals surface area contributed by atoms with Crippen LogP contribution in [0.15, 0.2) is 12.4 Å². The smallest absolute Gasteiger partial charge is 0.108 e. The lowest BCUT2D eigenvalue weighted by Crippen LogP contribution is -2.37. The van der Waals surface area contributed by atoms with E-state index in [4.69, 9.17) is 0 Å². The monoisotopic (exact) mass is 209 g/mol. The van der Waals surface area contributed by atoms with Gasteiger partial charge >= 0.3 is 0 Å². The van der Waals surface area contributed by atoms with E-state index in [1.165, 1.54) is 5.82 Å². The Morgan fingerprint density at radius 2 is 2.13 bits per heavy atom. The highest BCUT2D eigenvalue weighted by molar-refractivity contribution is 4.92. The minimum Gasteiger partial charge on any atom is -0.334 e. The van der Waals surface area contributed by atoms with Gasteiger partial charge in [-0.15, -0.1) is 0 Å². The quantitative estimate of drug-likeness (QED) is 0.806. The minimum atomic E-state index is 0.200. The molecule has 1 rings (SSSR count). The van der Waals surface area contributed by atoms with E-state index in [9.17, 15) is 0 Å². The first kappa shape index (κ1) is 12.2. The lowest BCUT2D eigenvalue weighted by Gasteiger charge is -2.20. The molecule has 0 atom stereocenters. The fourth-order valence-electron chi connectivity index (χ4n) is 1.55. The molecule has 0 aliphatic rings. The van der Waals surface area contributed by atoms with Gasteiger partial charge in [0.1, 0.15) is 5.82 Å². The van der Waals surface area contributed by atoms with E-state index in [2.05, 4.69) is 48.8 Å².